The van der Waals surface area contributed by atoms with Crippen LogP contribution in [0.3, 0.4) is 0 Å². The second-order valence-electron chi connectivity index (χ2n) is 6.28. The molecule has 2 rings (SSSR count). The molecule has 0 spiro atoms. The van der Waals surface area contributed by atoms with Crippen LogP contribution in [0.2, 0.25) is 0 Å². The van der Waals surface area contributed by atoms with E-state index in [1.807, 2.05) is 32.9 Å². The standard InChI is InChI=1S/C18H26N2O2/c1-4-20(5-2)16(21)14-9-8-10-15(13-14)19-17(22)18(3)11-6-7-12-18/h8-10,13H,4-7,11-12H2,1-3H3,(H,19,22). The van der Waals surface area contributed by atoms with Crippen LogP contribution in [0.15, 0.2) is 24.3 Å². The molecule has 0 saturated heterocycles. The molecule has 4 nitrogen and oxygen atoms in total. The fourth-order valence-electron chi connectivity index (χ4n) is 3.09. The highest BCUT2D eigenvalue weighted by molar-refractivity contribution is 5.98. The van der Waals surface area contributed by atoms with Gasteiger partial charge >= 0.3 is 0 Å². The second kappa shape index (κ2) is 6.95. The Hall–Kier alpha value is -1.84. The van der Waals surface area contributed by atoms with Crippen LogP contribution < -0.4 is 5.32 Å². The summed E-state index contributed by atoms with van der Waals surface area (Å²) in [6.45, 7) is 7.33. The Morgan fingerprint density at radius 1 is 1.18 bits per heavy atom. The van der Waals surface area contributed by atoms with E-state index in [1.165, 1.54) is 0 Å². The molecule has 1 aromatic rings. The average molecular weight is 302 g/mol. The summed E-state index contributed by atoms with van der Waals surface area (Å²) in [5.41, 5.74) is 1.06. The highest BCUT2D eigenvalue weighted by Gasteiger charge is 2.36. The highest BCUT2D eigenvalue weighted by atomic mass is 16.2. The van der Waals surface area contributed by atoms with Crippen molar-refractivity contribution in [1.82, 2.24) is 4.90 Å². The van der Waals surface area contributed by atoms with Gasteiger partial charge in [-0.25, -0.2) is 0 Å². The molecule has 1 fully saturated rings. The van der Waals surface area contributed by atoms with E-state index in [0.29, 0.717) is 24.3 Å². The largest absolute Gasteiger partial charge is 0.339 e. The van der Waals surface area contributed by atoms with Gasteiger partial charge in [-0.3, -0.25) is 9.59 Å². The average Bonchev–Trinajstić information content (AvgIpc) is 2.97. The fourth-order valence-corrected chi connectivity index (χ4v) is 3.09. The van der Waals surface area contributed by atoms with Crippen molar-refractivity contribution in [2.75, 3.05) is 18.4 Å². The number of anilines is 1. The zero-order valence-corrected chi connectivity index (χ0v) is 13.8. The molecule has 1 aromatic carbocycles. The van der Waals surface area contributed by atoms with Crippen LogP contribution >= 0.6 is 0 Å². The van der Waals surface area contributed by atoms with Gasteiger partial charge in [0.1, 0.15) is 0 Å². The molecule has 1 N–H and O–H groups in total. The zero-order chi connectivity index (χ0) is 16.2. The number of carbonyl (C=O) groups is 2. The molecule has 2 amide bonds. The normalized spacial score (nSPS) is 16.3. The minimum absolute atomic E-state index is 0.00757. The number of hydrogen-bond donors (Lipinski definition) is 1. The number of rotatable bonds is 5. The highest BCUT2D eigenvalue weighted by Crippen LogP contribution is 2.38. The second-order valence-corrected chi connectivity index (χ2v) is 6.28. The molecule has 0 heterocycles. The van der Waals surface area contributed by atoms with E-state index in [1.54, 1.807) is 17.0 Å². The van der Waals surface area contributed by atoms with Gasteiger partial charge in [0.15, 0.2) is 0 Å². The molecule has 22 heavy (non-hydrogen) atoms. The summed E-state index contributed by atoms with van der Waals surface area (Å²) < 4.78 is 0. The molecular formula is C18H26N2O2. The molecule has 0 bridgehead atoms. The molecule has 0 atom stereocenters. The van der Waals surface area contributed by atoms with E-state index < -0.39 is 0 Å². The molecule has 1 aliphatic carbocycles. The van der Waals surface area contributed by atoms with E-state index in [9.17, 15) is 9.59 Å². The summed E-state index contributed by atoms with van der Waals surface area (Å²) >= 11 is 0. The lowest BCUT2D eigenvalue weighted by atomic mass is 9.88. The predicted octanol–water partition coefficient (Wildman–Crippen LogP) is 3.69. The molecule has 120 valence electrons. The summed E-state index contributed by atoms with van der Waals surface area (Å²) in [7, 11) is 0. The van der Waals surface area contributed by atoms with Crippen molar-refractivity contribution in [3.63, 3.8) is 0 Å². The summed E-state index contributed by atoms with van der Waals surface area (Å²) in [6, 6.07) is 7.24. The van der Waals surface area contributed by atoms with Gasteiger partial charge in [0, 0.05) is 29.8 Å². The van der Waals surface area contributed by atoms with Crippen LogP contribution in [0.4, 0.5) is 5.69 Å². The Morgan fingerprint density at radius 3 is 2.41 bits per heavy atom. The monoisotopic (exact) mass is 302 g/mol. The third-order valence-corrected chi connectivity index (χ3v) is 4.67. The van der Waals surface area contributed by atoms with E-state index in [-0.39, 0.29) is 17.2 Å². The maximum absolute atomic E-state index is 12.5. The first kappa shape index (κ1) is 16.5. The first-order chi connectivity index (χ1) is 10.5. The molecule has 1 aliphatic rings. The van der Waals surface area contributed by atoms with Gasteiger partial charge in [0.05, 0.1) is 0 Å². The fraction of sp³-hybridized carbons (Fsp3) is 0.556. The van der Waals surface area contributed by atoms with Crippen molar-refractivity contribution in [2.45, 2.75) is 46.5 Å². The number of carbonyl (C=O) groups excluding carboxylic acids is 2. The number of amides is 2. The van der Waals surface area contributed by atoms with Crippen molar-refractivity contribution in [3.05, 3.63) is 29.8 Å². The van der Waals surface area contributed by atoms with Crippen molar-refractivity contribution < 1.29 is 9.59 Å². The predicted molar refractivity (Wildman–Crippen MR) is 88.9 cm³/mol. The maximum Gasteiger partial charge on any atom is 0.253 e. The van der Waals surface area contributed by atoms with E-state index in [2.05, 4.69) is 5.32 Å². The van der Waals surface area contributed by atoms with Crippen molar-refractivity contribution >= 4 is 17.5 Å². The van der Waals surface area contributed by atoms with Gasteiger partial charge in [-0.1, -0.05) is 25.8 Å². The summed E-state index contributed by atoms with van der Waals surface area (Å²) in [4.78, 5) is 26.6. The Labute approximate surface area is 132 Å². The molecule has 0 radical (unpaired) electrons. The minimum Gasteiger partial charge on any atom is -0.339 e. The molecule has 1 saturated carbocycles. The third-order valence-electron chi connectivity index (χ3n) is 4.67. The molecule has 4 heteroatoms. The lowest BCUT2D eigenvalue weighted by Crippen LogP contribution is -2.32. The quantitative estimate of drug-likeness (QED) is 0.902. The number of benzene rings is 1. The maximum atomic E-state index is 12.5. The minimum atomic E-state index is -0.265. The van der Waals surface area contributed by atoms with Crippen LogP contribution in [0.1, 0.15) is 56.8 Å². The molecular weight excluding hydrogens is 276 g/mol. The van der Waals surface area contributed by atoms with Gasteiger partial charge < -0.3 is 10.2 Å². The van der Waals surface area contributed by atoms with Crippen LogP contribution in [0.5, 0.6) is 0 Å². The van der Waals surface area contributed by atoms with Crippen LogP contribution in [0.25, 0.3) is 0 Å². The lowest BCUT2D eigenvalue weighted by molar-refractivity contribution is -0.124. The van der Waals surface area contributed by atoms with Crippen LogP contribution in [0, 0.1) is 5.41 Å². The first-order valence-electron chi connectivity index (χ1n) is 8.21. The summed E-state index contributed by atoms with van der Waals surface area (Å²) in [5, 5.41) is 2.98. The van der Waals surface area contributed by atoms with Crippen LogP contribution in [-0.4, -0.2) is 29.8 Å². The topological polar surface area (TPSA) is 49.4 Å². The summed E-state index contributed by atoms with van der Waals surface area (Å²) in [5.74, 6) is 0.0746. The Morgan fingerprint density at radius 2 is 1.82 bits per heavy atom. The lowest BCUT2D eigenvalue weighted by Gasteiger charge is -2.23. The Bertz CT molecular complexity index is 544. The summed E-state index contributed by atoms with van der Waals surface area (Å²) in [6.07, 6.45) is 4.11. The zero-order valence-electron chi connectivity index (χ0n) is 13.8. The van der Waals surface area contributed by atoms with Gasteiger partial charge in [0.2, 0.25) is 5.91 Å². The molecule has 0 aliphatic heterocycles. The van der Waals surface area contributed by atoms with E-state index >= 15 is 0 Å². The van der Waals surface area contributed by atoms with Crippen molar-refractivity contribution in [1.29, 1.82) is 0 Å². The smallest absolute Gasteiger partial charge is 0.253 e. The van der Waals surface area contributed by atoms with Crippen LogP contribution in [-0.2, 0) is 4.79 Å². The molecule has 0 aromatic heterocycles. The van der Waals surface area contributed by atoms with Crippen molar-refractivity contribution in [3.8, 4) is 0 Å². The Kier molecular flexibility index (Phi) is 5.22. The molecule has 0 unspecified atom stereocenters. The van der Waals surface area contributed by atoms with E-state index in [0.717, 1.165) is 25.7 Å². The number of nitrogens with one attached hydrogen (secondary N) is 1. The van der Waals surface area contributed by atoms with Crippen molar-refractivity contribution in [2.24, 2.45) is 5.41 Å². The van der Waals surface area contributed by atoms with Gasteiger partial charge in [-0.2, -0.15) is 0 Å². The first-order valence-corrected chi connectivity index (χ1v) is 8.21. The van der Waals surface area contributed by atoms with Gasteiger partial charge in [-0.15, -0.1) is 0 Å². The number of hydrogen-bond acceptors (Lipinski definition) is 2. The van der Waals surface area contributed by atoms with Gasteiger partial charge in [-0.05, 0) is 44.9 Å². The SMILES string of the molecule is CCN(CC)C(=O)c1cccc(NC(=O)C2(C)CCCC2)c1. The Balaban J connectivity index is 2.11. The van der Waals surface area contributed by atoms with Gasteiger partial charge in [0.25, 0.3) is 5.91 Å². The number of nitrogens with zero attached hydrogens (tertiary/aromatic N) is 1. The van der Waals surface area contributed by atoms with E-state index in [4.69, 9.17) is 0 Å². The third kappa shape index (κ3) is 3.49.